The molecule has 1 aliphatic rings. The van der Waals surface area contributed by atoms with Gasteiger partial charge in [0.05, 0.1) is 6.61 Å². The molecule has 15 heavy (non-hydrogen) atoms. The number of carbonyl (C=O) groups is 2. The molecule has 0 saturated carbocycles. The number of carboxylic acids is 1. The molecular weight excluding hydrogens is 202 g/mol. The molecule has 2 N–H and O–H groups in total. The van der Waals surface area contributed by atoms with Gasteiger partial charge in [-0.3, -0.25) is 4.90 Å². The topological polar surface area (TPSA) is 87.1 Å². The molecule has 0 bridgehead atoms. The standard InChI is InChI=1S/C9H15NO5/c1-2-15-6-9(7(11)12)4-3-5-10(9)8(13)14/h2-6H2,1H3,(H,11,12)(H,13,14). The molecule has 6 nitrogen and oxygen atoms in total. The van der Waals surface area contributed by atoms with Crippen molar-refractivity contribution in [3.05, 3.63) is 0 Å². The Bertz CT molecular complexity index is 267. The molecule has 1 atom stereocenters. The highest BCUT2D eigenvalue weighted by Crippen LogP contribution is 2.30. The molecule has 0 aliphatic carbocycles. The maximum atomic E-state index is 11.2. The highest BCUT2D eigenvalue weighted by atomic mass is 16.5. The molecule has 0 radical (unpaired) electrons. The smallest absolute Gasteiger partial charge is 0.408 e. The molecule has 0 aromatic carbocycles. The van der Waals surface area contributed by atoms with Crippen molar-refractivity contribution in [2.45, 2.75) is 25.3 Å². The van der Waals surface area contributed by atoms with Crippen LogP contribution in [0.2, 0.25) is 0 Å². The minimum atomic E-state index is -1.39. The van der Waals surface area contributed by atoms with Crippen molar-refractivity contribution in [3.8, 4) is 0 Å². The van der Waals surface area contributed by atoms with Crippen LogP contribution in [0.1, 0.15) is 19.8 Å². The van der Waals surface area contributed by atoms with Crippen LogP contribution >= 0.6 is 0 Å². The maximum absolute atomic E-state index is 11.2. The van der Waals surface area contributed by atoms with E-state index in [4.69, 9.17) is 14.9 Å². The SMILES string of the molecule is CCOCC1(C(=O)O)CCCN1C(=O)O. The van der Waals surface area contributed by atoms with E-state index in [0.29, 0.717) is 19.4 Å². The first kappa shape index (κ1) is 11.8. The lowest BCUT2D eigenvalue weighted by molar-refractivity contribution is -0.152. The van der Waals surface area contributed by atoms with Gasteiger partial charge in [0, 0.05) is 13.2 Å². The minimum absolute atomic E-state index is 0.0782. The Morgan fingerprint density at radius 3 is 2.60 bits per heavy atom. The van der Waals surface area contributed by atoms with Crippen molar-refractivity contribution in [1.29, 1.82) is 0 Å². The summed E-state index contributed by atoms with van der Waals surface area (Å²) in [6, 6.07) is 0. The van der Waals surface area contributed by atoms with Gasteiger partial charge in [-0.1, -0.05) is 0 Å². The van der Waals surface area contributed by atoms with E-state index in [-0.39, 0.29) is 13.2 Å². The first-order valence-corrected chi connectivity index (χ1v) is 4.86. The Kier molecular flexibility index (Phi) is 3.52. The fraction of sp³-hybridized carbons (Fsp3) is 0.778. The highest BCUT2D eigenvalue weighted by Gasteiger charge is 2.50. The molecule has 1 saturated heterocycles. The van der Waals surface area contributed by atoms with Crippen LogP contribution in [0.5, 0.6) is 0 Å². The minimum Gasteiger partial charge on any atom is -0.479 e. The van der Waals surface area contributed by atoms with Crippen molar-refractivity contribution in [2.24, 2.45) is 0 Å². The van der Waals surface area contributed by atoms with Gasteiger partial charge in [-0.2, -0.15) is 0 Å². The quantitative estimate of drug-likeness (QED) is 0.720. The summed E-state index contributed by atoms with van der Waals surface area (Å²) in [5.74, 6) is -1.13. The van der Waals surface area contributed by atoms with Crippen LogP contribution < -0.4 is 0 Å². The molecule has 1 heterocycles. The second-order valence-corrected chi connectivity index (χ2v) is 3.51. The van der Waals surface area contributed by atoms with E-state index in [0.717, 1.165) is 4.90 Å². The molecule has 0 aromatic heterocycles. The molecule has 1 amide bonds. The summed E-state index contributed by atoms with van der Waals surface area (Å²) in [4.78, 5) is 23.0. The highest BCUT2D eigenvalue weighted by molar-refractivity contribution is 5.84. The fourth-order valence-corrected chi connectivity index (χ4v) is 1.86. The number of amides is 1. The molecule has 1 aliphatic heterocycles. The number of hydrogen-bond donors (Lipinski definition) is 2. The number of hydrogen-bond acceptors (Lipinski definition) is 3. The third kappa shape index (κ3) is 2.04. The summed E-state index contributed by atoms with van der Waals surface area (Å²) < 4.78 is 5.08. The van der Waals surface area contributed by atoms with Gasteiger partial charge in [0.15, 0.2) is 5.54 Å². The van der Waals surface area contributed by atoms with Crippen molar-refractivity contribution in [1.82, 2.24) is 4.90 Å². The first-order chi connectivity index (χ1) is 7.04. The second kappa shape index (κ2) is 4.48. The van der Waals surface area contributed by atoms with Gasteiger partial charge in [-0.25, -0.2) is 9.59 Å². The molecule has 1 unspecified atom stereocenters. The van der Waals surface area contributed by atoms with Gasteiger partial charge in [0.1, 0.15) is 0 Å². The zero-order chi connectivity index (χ0) is 11.5. The van der Waals surface area contributed by atoms with Crippen LogP contribution in [0.25, 0.3) is 0 Å². The van der Waals surface area contributed by atoms with Crippen LogP contribution in [0.4, 0.5) is 4.79 Å². The number of nitrogens with zero attached hydrogens (tertiary/aromatic N) is 1. The lowest BCUT2D eigenvalue weighted by atomic mass is 9.98. The van der Waals surface area contributed by atoms with Crippen molar-refractivity contribution in [3.63, 3.8) is 0 Å². The summed E-state index contributed by atoms with van der Waals surface area (Å²) in [7, 11) is 0. The number of aliphatic carboxylic acids is 1. The summed E-state index contributed by atoms with van der Waals surface area (Å²) >= 11 is 0. The molecule has 86 valence electrons. The van der Waals surface area contributed by atoms with E-state index in [1.165, 1.54) is 0 Å². The van der Waals surface area contributed by atoms with Gasteiger partial charge >= 0.3 is 12.1 Å². The molecular formula is C9H15NO5. The van der Waals surface area contributed by atoms with E-state index >= 15 is 0 Å². The molecule has 1 fully saturated rings. The monoisotopic (exact) mass is 217 g/mol. The Morgan fingerprint density at radius 1 is 1.47 bits per heavy atom. The predicted molar refractivity (Wildman–Crippen MR) is 50.8 cm³/mol. The van der Waals surface area contributed by atoms with Crippen molar-refractivity contribution < 1.29 is 24.5 Å². The zero-order valence-electron chi connectivity index (χ0n) is 8.60. The number of likely N-dealkylation sites (tertiary alicyclic amines) is 1. The van der Waals surface area contributed by atoms with Gasteiger partial charge in [-0.05, 0) is 19.8 Å². The number of rotatable bonds is 4. The summed E-state index contributed by atoms with van der Waals surface area (Å²) in [5.41, 5.74) is -1.39. The summed E-state index contributed by atoms with van der Waals surface area (Å²) in [5, 5.41) is 18.0. The van der Waals surface area contributed by atoms with Crippen LogP contribution in [0.3, 0.4) is 0 Å². The Morgan fingerprint density at radius 2 is 2.13 bits per heavy atom. The third-order valence-electron chi connectivity index (χ3n) is 2.66. The summed E-state index contributed by atoms with van der Waals surface area (Å²) in [6.45, 7) is 2.30. The fourth-order valence-electron chi connectivity index (χ4n) is 1.86. The summed E-state index contributed by atoms with van der Waals surface area (Å²) in [6.07, 6.45) is -0.324. The van der Waals surface area contributed by atoms with Crippen LogP contribution in [0, 0.1) is 0 Å². The largest absolute Gasteiger partial charge is 0.479 e. The van der Waals surface area contributed by atoms with Gasteiger partial charge in [0.2, 0.25) is 0 Å². The van der Waals surface area contributed by atoms with Gasteiger partial charge < -0.3 is 14.9 Å². The Hall–Kier alpha value is -1.30. The first-order valence-electron chi connectivity index (χ1n) is 4.86. The van der Waals surface area contributed by atoms with E-state index < -0.39 is 17.6 Å². The molecule has 0 spiro atoms. The second-order valence-electron chi connectivity index (χ2n) is 3.51. The van der Waals surface area contributed by atoms with Crippen LogP contribution in [-0.4, -0.2) is 52.5 Å². The average Bonchev–Trinajstić information content (AvgIpc) is 2.59. The lowest BCUT2D eigenvalue weighted by Crippen LogP contribution is -2.55. The van der Waals surface area contributed by atoms with E-state index in [1.807, 2.05) is 0 Å². The van der Waals surface area contributed by atoms with Crippen molar-refractivity contribution in [2.75, 3.05) is 19.8 Å². The molecule has 6 heteroatoms. The predicted octanol–water partition coefficient (Wildman–Crippen LogP) is 0.620. The average molecular weight is 217 g/mol. The number of ether oxygens (including phenoxy) is 1. The normalized spacial score (nSPS) is 25.5. The lowest BCUT2D eigenvalue weighted by Gasteiger charge is -2.32. The molecule has 1 rings (SSSR count). The van der Waals surface area contributed by atoms with Crippen molar-refractivity contribution >= 4 is 12.1 Å². The molecule has 0 aromatic rings. The van der Waals surface area contributed by atoms with Gasteiger partial charge in [0.25, 0.3) is 0 Å². The number of carboxylic acid groups (broad SMARTS) is 2. The van der Waals surface area contributed by atoms with E-state index in [2.05, 4.69) is 0 Å². The van der Waals surface area contributed by atoms with E-state index in [9.17, 15) is 9.59 Å². The Balaban J connectivity index is 2.88. The zero-order valence-corrected chi connectivity index (χ0v) is 8.60. The third-order valence-corrected chi connectivity index (χ3v) is 2.66. The Labute approximate surface area is 87.4 Å². The maximum Gasteiger partial charge on any atom is 0.408 e. The van der Waals surface area contributed by atoms with Crippen LogP contribution in [0.15, 0.2) is 0 Å². The van der Waals surface area contributed by atoms with Gasteiger partial charge in [-0.15, -0.1) is 0 Å². The van der Waals surface area contributed by atoms with E-state index in [1.54, 1.807) is 6.92 Å². The van der Waals surface area contributed by atoms with Crippen LogP contribution in [-0.2, 0) is 9.53 Å².